The van der Waals surface area contributed by atoms with E-state index in [2.05, 4.69) is 5.10 Å². The summed E-state index contributed by atoms with van der Waals surface area (Å²) >= 11 is 0. The highest BCUT2D eigenvalue weighted by Crippen LogP contribution is 2.29. The first-order valence-corrected chi connectivity index (χ1v) is 4.24. The molecule has 0 aliphatic carbocycles. The third kappa shape index (κ3) is 2.08. The van der Waals surface area contributed by atoms with Crippen LogP contribution in [0.2, 0.25) is 0 Å². The van der Waals surface area contributed by atoms with Crippen molar-refractivity contribution < 1.29 is 8.78 Å². The van der Waals surface area contributed by atoms with Gasteiger partial charge in [0.25, 0.3) is 0 Å². The van der Waals surface area contributed by atoms with Crippen molar-refractivity contribution >= 4 is 7.85 Å². The topological polar surface area (TPSA) is 17.8 Å². The molecule has 0 amide bonds. The van der Waals surface area contributed by atoms with E-state index in [1.165, 1.54) is 4.68 Å². The molecule has 1 aromatic heterocycles. The van der Waals surface area contributed by atoms with E-state index in [-0.39, 0.29) is 11.6 Å². The lowest BCUT2D eigenvalue weighted by atomic mass is 9.90. The summed E-state index contributed by atoms with van der Waals surface area (Å²) in [6.45, 7) is 3.76. The van der Waals surface area contributed by atoms with Gasteiger partial charge in [-0.25, -0.2) is 8.78 Å². The van der Waals surface area contributed by atoms with Crippen LogP contribution in [0.1, 0.15) is 31.0 Å². The number of halogens is 2. The first kappa shape index (κ1) is 10.2. The molecule has 0 bridgehead atoms. The van der Waals surface area contributed by atoms with Crippen molar-refractivity contribution in [2.24, 2.45) is 7.05 Å². The third-order valence-corrected chi connectivity index (χ3v) is 1.89. The first-order chi connectivity index (χ1) is 5.82. The second-order valence-corrected chi connectivity index (χ2v) is 3.65. The molecule has 0 unspecified atom stereocenters. The molecule has 13 heavy (non-hydrogen) atoms. The van der Waals surface area contributed by atoms with Crippen LogP contribution in [0.3, 0.4) is 0 Å². The van der Waals surface area contributed by atoms with Gasteiger partial charge in [0.1, 0.15) is 5.69 Å². The second kappa shape index (κ2) is 3.12. The summed E-state index contributed by atoms with van der Waals surface area (Å²) in [6.07, 6.45) is 1.65. The maximum Gasteiger partial charge on any atom is 0.249 e. The predicted molar refractivity (Wildman–Crippen MR) is 49.7 cm³/mol. The molecule has 0 aliphatic rings. The van der Waals surface area contributed by atoms with Crippen LogP contribution in [0, 0.1) is 0 Å². The van der Waals surface area contributed by atoms with Gasteiger partial charge in [-0.1, -0.05) is 13.8 Å². The Labute approximate surface area is 77.3 Å². The zero-order valence-electron chi connectivity index (χ0n) is 8.31. The zero-order valence-corrected chi connectivity index (χ0v) is 8.31. The van der Waals surface area contributed by atoms with Crippen molar-refractivity contribution in [3.8, 4) is 0 Å². The van der Waals surface area contributed by atoms with Crippen LogP contribution in [-0.2, 0) is 12.9 Å². The number of nitrogens with zero attached hydrogens (tertiary/aromatic N) is 2. The van der Waals surface area contributed by atoms with Gasteiger partial charge in [-0.15, -0.1) is 0 Å². The van der Waals surface area contributed by atoms with E-state index in [9.17, 15) is 8.78 Å². The summed E-state index contributed by atoms with van der Waals surface area (Å²) in [5.41, 5.74) is 0.514. The minimum atomic E-state index is -2.85. The van der Waals surface area contributed by atoms with E-state index in [0.717, 1.165) is 7.85 Å². The van der Waals surface area contributed by atoms with Gasteiger partial charge in [0, 0.05) is 18.8 Å². The molecule has 1 aromatic rings. The average Bonchev–Trinajstić information content (AvgIpc) is 2.29. The van der Waals surface area contributed by atoms with Gasteiger partial charge in [-0.2, -0.15) is 5.10 Å². The Morgan fingerprint density at radius 1 is 1.54 bits per heavy atom. The van der Waals surface area contributed by atoms with E-state index in [0.29, 0.717) is 5.56 Å². The van der Waals surface area contributed by atoms with E-state index in [4.69, 9.17) is 0 Å². The van der Waals surface area contributed by atoms with Crippen molar-refractivity contribution in [2.45, 2.75) is 25.6 Å². The number of alkyl halides is 2. The fraction of sp³-hybridized carbons (Fsp3) is 0.625. The number of hydrogen-bond acceptors (Lipinski definition) is 1. The van der Waals surface area contributed by atoms with E-state index < -0.39 is 5.82 Å². The summed E-state index contributed by atoms with van der Waals surface area (Å²) in [5.74, 6) is -2.77. The standard InChI is InChI=1S/C8H13BF2N2/c1-5(2)6-4-13(3)12-7(6)8(9,10)11/h4-5H,9H2,1-3H3. The summed E-state index contributed by atoms with van der Waals surface area (Å²) in [5, 5.41) is 3.77. The maximum atomic E-state index is 13.0. The summed E-state index contributed by atoms with van der Waals surface area (Å²) in [6, 6.07) is 0. The Morgan fingerprint density at radius 3 is 2.38 bits per heavy atom. The first-order valence-electron chi connectivity index (χ1n) is 4.24. The lowest BCUT2D eigenvalue weighted by Gasteiger charge is -2.11. The van der Waals surface area contributed by atoms with Crippen LogP contribution in [0.4, 0.5) is 8.78 Å². The number of hydrogen-bond donors (Lipinski definition) is 0. The van der Waals surface area contributed by atoms with Gasteiger partial charge < -0.3 is 0 Å². The van der Waals surface area contributed by atoms with Crippen LogP contribution >= 0.6 is 0 Å². The van der Waals surface area contributed by atoms with Crippen molar-refractivity contribution in [2.75, 3.05) is 0 Å². The molecule has 0 atom stereocenters. The average molecular weight is 186 g/mol. The van der Waals surface area contributed by atoms with Gasteiger partial charge in [-0.3, -0.25) is 4.68 Å². The largest absolute Gasteiger partial charge is 0.275 e. The molecule has 2 nitrogen and oxygen atoms in total. The molecular weight excluding hydrogens is 173 g/mol. The van der Waals surface area contributed by atoms with E-state index in [1.54, 1.807) is 13.2 Å². The molecule has 5 heteroatoms. The minimum absolute atomic E-state index is 0.0783. The normalized spacial score (nSPS) is 12.5. The highest BCUT2D eigenvalue weighted by Gasteiger charge is 2.31. The van der Waals surface area contributed by atoms with Crippen LogP contribution in [-0.4, -0.2) is 17.6 Å². The Balaban J connectivity index is 3.20. The highest BCUT2D eigenvalue weighted by atomic mass is 19.3. The summed E-state index contributed by atoms with van der Waals surface area (Å²) in [4.78, 5) is 0. The third-order valence-electron chi connectivity index (χ3n) is 1.89. The van der Waals surface area contributed by atoms with Gasteiger partial charge in [0.15, 0.2) is 0 Å². The van der Waals surface area contributed by atoms with Gasteiger partial charge >= 0.3 is 0 Å². The van der Waals surface area contributed by atoms with Crippen LogP contribution in [0.15, 0.2) is 6.20 Å². The predicted octanol–water partition coefficient (Wildman–Crippen LogP) is 1.23. The minimum Gasteiger partial charge on any atom is -0.275 e. The summed E-state index contributed by atoms with van der Waals surface area (Å²) in [7, 11) is 2.53. The molecule has 0 aliphatic heterocycles. The molecule has 72 valence electrons. The Bertz CT molecular complexity index is 302. The van der Waals surface area contributed by atoms with E-state index in [1.807, 2.05) is 13.8 Å². The van der Waals surface area contributed by atoms with Gasteiger partial charge in [-0.05, 0) is 5.92 Å². The van der Waals surface area contributed by atoms with Gasteiger partial charge in [0.2, 0.25) is 13.7 Å². The van der Waals surface area contributed by atoms with Crippen molar-refractivity contribution in [1.29, 1.82) is 0 Å². The Kier molecular flexibility index (Phi) is 2.46. The fourth-order valence-electron chi connectivity index (χ4n) is 1.27. The molecule has 0 aromatic carbocycles. The molecule has 0 spiro atoms. The van der Waals surface area contributed by atoms with Crippen molar-refractivity contribution in [1.82, 2.24) is 9.78 Å². The quantitative estimate of drug-likeness (QED) is 0.635. The van der Waals surface area contributed by atoms with Crippen LogP contribution < -0.4 is 0 Å². The molecule has 0 saturated carbocycles. The monoisotopic (exact) mass is 186 g/mol. The Morgan fingerprint density at radius 2 is 2.08 bits per heavy atom. The molecule has 0 N–H and O–H groups in total. The number of aryl methyl sites for hydroxylation is 1. The maximum absolute atomic E-state index is 13.0. The summed E-state index contributed by atoms with van der Waals surface area (Å²) < 4.78 is 27.5. The lowest BCUT2D eigenvalue weighted by molar-refractivity contribution is 0.0870. The Hall–Kier alpha value is -0.865. The number of aromatic nitrogens is 2. The molecule has 1 rings (SSSR count). The highest BCUT2D eigenvalue weighted by molar-refractivity contribution is 6.13. The smallest absolute Gasteiger partial charge is 0.249 e. The lowest BCUT2D eigenvalue weighted by Crippen LogP contribution is -2.16. The molecule has 0 fully saturated rings. The second-order valence-electron chi connectivity index (χ2n) is 3.65. The fourth-order valence-corrected chi connectivity index (χ4v) is 1.27. The van der Waals surface area contributed by atoms with Gasteiger partial charge in [0.05, 0.1) is 0 Å². The van der Waals surface area contributed by atoms with Crippen LogP contribution in [0.5, 0.6) is 0 Å². The van der Waals surface area contributed by atoms with Crippen LogP contribution in [0.25, 0.3) is 0 Å². The van der Waals surface area contributed by atoms with Crippen molar-refractivity contribution in [3.05, 3.63) is 17.5 Å². The number of rotatable bonds is 2. The van der Waals surface area contributed by atoms with E-state index >= 15 is 0 Å². The molecular formula is C8H13BF2N2. The zero-order chi connectivity index (χ0) is 10.2. The molecule has 0 saturated heterocycles. The molecule has 0 radical (unpaired) electrons. The SMILES string of the molecule is BC(F)(F)c1nn(C)cc1C(C)C. The molecule has 1 heterocycles. The van der Waals surface area contributed by atoms with Crippen molar-refractivity contribution in [3.63, 3.8) is 0 Å².